The summed E-state index contributed by atoms with van der Waals surface area (Å²) >= 11 is 3.48. The van der Waals surface area contributed by atoms with Gasteiger partial charge in [0.1, 0.15) is 5.82 Å². The second kappa shape index (κ2) is 5.19. The van der Waals surface area contributed by atoms with Crippen molar-refractivity contribution in [2.45, 2.75) is 13.3 Å². The molecule has 3 N–H and O–H groups in total. The molecule has 0 aliphatic carbocycles. The van der Waals surface area contributed by atoms with E-state index in [1.165, 1.54) is 5.56 Å². The number of pyridine rings is 1. The summed E-state index contributed by atoms with van der Waals surface area (Å²) in [5.74, 6) is 0.530. The minimum absolute atomic E-state index is 0.530. The van der Waals surface area contributed by atoms with E-state index in [0.29, 0.717) is 5.82 Å². The lowest BCUT2D eigenvalue weighted by atomic mass is 10.1. The van der Waals surface area contributed by atoms with Crippen LogP contribution < -0.4 is 11.1 Å². The molecular weight excluding hydrogens is 278 g/mol. The van der Waals surface area contributed by atoms with Gasteiger partial charge in [-0.15, -0.1) is 0 Å². The Bertz CT molecular complexity index is 509. The zero-order chi connectivity index (χ0) is 12.3. The van der Waals surface area contributed by atoms with Crippen molar-refractivity contribution in [3.63, 3.8) is 0 Å². The number of nitrogen functional groups attached to an aromatic ring is 1. The van der Waals surface area contributed by atoms with Crippen LogP contribution in [0.1, 0.15) is 12.5 Å². The molecule has 0 amide bonds. The maximum atomic E-state index is 5.55. The average molecular weight is 292 g/mol. The van der Waals surface area contributed by atoms with Gasteiger partial charge in [-0.25, -0.2) is 4.98 Å². The molecule has 0 unspecified atom stereocenters. The number of benzene rings is 1. The number of nitrogens with two attached hydrogens (primary N) is 1. The van der Waals surface area contributed by atoms with Crippen molar-refractivity contribution in [1.82, 2.24) is 4.98 Å². The van der Waals surface area contributed by atoms with E-state index in [4.69, 9.17) is 5.73 Å². The number of nitrogens with zero attached hydrogens (tertiary/aromatic N) is 1. The van der Waals surface area contributed by atoms with E-state index < -0.39 is 0 Å². The van der Waals surface area contributed by atoms with Crippen molar-refractivity contribution in [2.24, 2.45) is 0 Å². The smallest absolute Gasteiger partial charge is 0.123 e. The van der Waals surface area contributed by atoms with Gasteiger partial charge in [-0.1, -0.05) is 22.9 Å². The normalized spacial score (nSPS) is 10.2. The van der Waals surface area contributed by atoms with Crippen LogP contribution in [0.2, 0.25) is 0 Å². The van der Waals surface area contributed by atoms with Crippen LogP contribution in [-0.2, 0) is 6.42 Å². The minimum atomic E-state index is 0.530. The molecule has 0 radical (unpaired) electrons. The standard InChI is InChI=1S/C13H14BrN3/c1-2-9-7-10(14)3-5-12(9)17-11-4-6-13(15)16-8-11/h3-8,17H,2H2,1H3,(H2,15,16). The van der Waals surface area contributed by atoms with Crippen molar-refractivity contribution < 1.29 is 0 Å². The van der Waals surface area contributed by atoms with Gasteiger partial charge in [-0.2, -0.15) is 0 Å². The number of aryl methyl sites for hydroxylation is 1. The van der Waals surface area contributed by atoms with Gasteiger partial charge >= 0.3 is 0 Å². The highest BCUT2D eigenvalue weighted by Gasteiger charge is 2.02. The first kappa shape index (κ1) is 11.9. The van der Waals surface area contributed by atoms with Crippen LogP contribution in [0.4, 0.5) is 17.2 Å². The lowest BCUT2D eigenvalue weighted by molar-refractivity contribution is 1.14. The summed E-state index contributed by atoms with van der Waals surface area (Å²) in [6, 6.07) is 9.90. The Balaban J connectivity index is 2.26. The Morgan fingerprint density at radius 2 is 2.12 bits per heavy atom. The molecular formula is C13H14BrN3. The Labute approximate surface area is 109 Å². The second-order valence-electron chi connectivity index (χ2n) is 3.75. The van der Waals surface area contributed by atoms with Crippen molar-refractivity contribution in [3.8, 4) is 0 Å². The summed E-state index contributed by atoms with van der Waals surface area (Å²) in [5.41, 5.74) is 8.85. The lowest BCUT2D eigenvalue weighted by Gasteiger charge is -2.11. The van der Waals surface area contributed by atoms with Crippen LogP contribution in [0.15, 0.2) is 41.0 Å². The van der Waals surface area contributed by atoms with E-state index in [2.05, 4.69) is 45.3 Å². The van der Waals surface area contributed by atoms with Crippen LogP contribution in [0.3, 0.4) is 0 Å². The van der Waals surface area contributed by atoms with Crippen LogP contribution in [0.25, 0.3) is 0 Å². The zero-order valence-corrected chi connectivity index (χ0v) is 11.2. The number of hydrogen-bond acceptors (Lipinski definition) is 3. The molecule has 0 bridgehead atoms. The quantitative estimate of drug-likeness (QED) is 0.906. The molecule has 0 spiro atoms. The van der Waals surface area contributed by atoms with E-state index in [1.807, 2.05) is 12.1 Å². The molecule has 17 heavy (non-hydrogen) atoms. The fourth-order valence-electron chi connectivity index (χ4n) is 1.61. The molecule has 2 rings (SSSR count). The van der Waals surface area contributed by atoms with Gasteiger partial charge in [-0.3, -0.25) is 0 Å². The van der Waals surface area contributed by atoms with E-state index >= 15 is 0 Å². The third-order valence-corrected chi connectivity index (χ3v) is 3.01. The van der Waals surface area contributed by atoms with Gasteiger partial charge in [0, 0.05) is 10.2 Å². The number of anilines is 3. The lowest BCUT2D eigenvalue weighted by Crippen LogP contribution is -1.97. The average Bonchev–Trinajstić information content (AvgIpc) is 2.34. The molecule has 1 aromatic heterocycles. The largest absolute Gasteiger partial charge is 0.384 e. The molecule has 0 saturated carbocycles. The summed E-state index contributed by atoms with van der Waals surface area (Å²) < 4.78 is 1.09. The Hall–Kier alpha value is -1.55. The Morgan fingerprint density at radius 1 is 1.29 bits per heavy atom. The molecule has 0 saturated heterocycles. The van der Waals surface area contributed by atoms with Gasteiger partial charge < -0.3 is 11.1 Å². The molecule has 88 valence electrons. The Morgan fingerprint density at radius 3 is 2.76 bits per heavy atom. The number of nitrogens with one attached hydrogen (secondary N) is 1. The van der Waals surface area contributed by atoms with Gasteiger partial charge in [0.05, 0.1) is 11.9 Å². The monoisotopic (exact) mass is 291 g/mol. The maximum absolute atomic E-state index is 5.55. The molecule has 0 fully saturated rings. The number of halogens is 1. The minimum Gasteiger partial charge on any atom is -0.384 e. The second-order valence-corrected chi connectivity index (χ2v) is 4.67. The van der Waals surface area contributed by atoms with E-state index in [0.717, 1.165) is 22.3 Å². The highest BCUT2D eigenvalue weighted by Crippen LogP contribution is 2.24. The SMILES string of the molecule is CCc1cc(Br)ccc1Nc1ccc(N)nc1. The first-order chi connectivity index (χ1) is 8.19. The summed E-state index contributed by atoms with van der Waals surface area (Å²) in [6.07, 6.45) is 2.71. The van der Waals surface area contributed by atoms with Crippen LogP contribution in [-0.4, -0.2) is 4.98 Å². The van der Waals surface area contributed by atoms with Gasteiger partial charge in [0.25, 0.3) is 0 Å². The van der Waals surface area contributed by atoms with Crippen molar-refractivity contribution in [3.05, 3.63) is 46.6 Å². The topological polar surface area (TPSA) is 50.9 Å². The molecule has 3 nitrogen and oxygen atoms in total. The number of hydrogen-bond donors (Lipinski definition) is 2. The first-order valence-electron chi connectivity index (χ1n) is 5.46. The zero-order valence-electron chi connectivity index (χ0n) is 9.57. The molecule has 1 aromatic carbocycles. The third-order valence-electron chi connectivity index (χ3n) is 2.51. The van der Waals surface area contributed by atoms with Crippen LogP contribution >= 0.6 is 15.9 Å². The molecule has 4 heteroatoms. The number of rotatable bonds is 3. The molecule has 0 aliphatic heterocycles. The van der Waals surface area contributed by atoms with E-state index in [9.17, 15) is 0 Å². The molecule has 0 atom stereocenters. The van der Waals surface area contributed by atoms with Gasteiger partial charge in [0.15, 0.2) is 0 Å². The summed E-state index contributed by atoms with van der Waals surface area (Å²) in [4.78, 5) is 4.05. The van der Waals surface area contributed by atoms with Gasteiger partial charge in [-0.05, 0) is 42.3 Å². The predicted octanol–water partition coefficient (Wildman–Crippen LogP) is 3.73. The fraction of sp³-hybridized carbons (Fsp3) is 0.154. The van der Waals surface area contributed by atoms with Crippen molar-refractivity contribution >= 4 is 33.1 Å². The molecule has 0 aliphatic rings. The predicted molar refractivity (Wildman–Crippen MR) is 75.5 cm³/mol. The number of aromatic nitrogens is 1. The summed E-state index contributed by atoms with van der Waals surface area (Å²) in [6.45, 7) is 2.13. The molecule has 2 aromatic rings. The van der Waals surface area contributed by atoms with Crippen LogP contribution in [0.5, 0.6) is 0 Å². The third kappa shape index (κ3) is 2.97. The van der Waals surface area contributed by atoms with Gasteiger partial charge in [0.2, 0.25) is 0 Å². The van der Waals surface area contributed by atoms with Crippen molar-refractivity contribution in [2.75, 3.05) is 11.1 Å². The fourth-order valence-corrected chi connectivity index (χ4v) is 2.02. The summed E-state index contributed by atoms with van der Waals surface area (Å²) in [5, 5.41) is 3.34. The van der Waals surface area contributed by atoms with Crippen LogP contribution in [0, 0.1) is 0 Å². The highest BCUT2D eigenvalue weighted by molar-refractivity contribution is 9.10. The Kier molecular flexibility index (Phi) is 3.64. The van der Waals surface area contributed by atoms with E-state index in [-0.39, 0.29) is 0 Å². The molecule has 1 heterocycles. The first-order valence-corrected chi connectivity index (χ1v) is 6.25. The van der Waals surface area contributed by atoms with E-state index in [1.54, 1.807) is 12.3 Å². The maximum Gasteiger partial charge on any atom is 0.123 e. The van der Waals surface area contributed by atoms with Crippen molar-refractivity contribution in [1.29, 1.82) is 0 Å². The summed E-state index contributed by atoms with van der Waals surface area (Å²) in [7, 11) is 0. The highest BCUT2D eigenvalue weighted by atomic mass is 79.9.